The Balaban J connectivity index is 1.92. The summed E-state index contributed by atoms with van der Waals surface area (Å²) >= 11 is 6.25. The van der Waals surface area contributed by atoms with E-state index in [0.29, 0.717) is 50.5 Å². The second-order valence-corrected chi connectivity index (χ2v) is 6.52. The molecule has 0 aliphatic rings. The molecule has 1 aromatic heterocycles. The fourth-order valence-corrected chi connectivity index (χ4v) is 3.19. The van der Waals surface area contributed by atoms with E-state index in [1.54, 1.807) is 48.7 Å². The highest BCUT2D eigenvalue weighted by Crippen LogP contribution is 2.40. The number of ether oxygens (including phenoxy) is 4. The Morgan fingerprint density at radius 1 is 0.900 bits per heavy atom. The zero-order chi connectivity index (χ0) is 21.7. The standard InChI is InChI=1S/C22H21ClN2O5/c1-27-17-10-13(7-8-15(17)20-16(23)6-5-9-24-20)22(26)25-14-11-18(28-2)21(30-4)19(12-14)29-3/h5-12H,1-4H3,(H,25,26). The topological polar surface area (TPSA) is 78.9 Å². The summed E-state index contributed by atoms with van der Waals surface area (Å²) in [6.45, 7) is 0. The number of hydrogen-bond acceptors (Lipinski definition) is 6. The minimum Gasteiger partial charge on any atom is -0.496 e. The van der Waals surface area contributed by atoms with E-state index in [-0.39, 0.29) is 5.91 Å². The van der Waals surface area contributed by atoms with Crippen LogP contribution in [0.1, 0.15) is 10.4 Å². The monoisotopic (exact) mass is 428 g/mol. The van der Waals surface area contributed by atoms with Crippen molar-refractivity contribution in [1.29, 1.82) is 0 Å². The number of carbonyl (C=O) groups excluding carboxylic acids is 1. The van der Waals surface area contributed by atoms with E-state index in [4.69, 9.17) is 30.5 Å². The third-order valence-corrected chi connectivity index (χ3v) is 4.70. The van der Waals surface area contributed by atoms with Crippen molar-refractivity contribution in [2.24, 2.45) is 0 Å². The molecule has 1 N–H and O–H groups in total. The lowest BCUT2D eigenvalue weighted by atomic mass is 10.1. The number of benzene rings is 2. The zero-order valence-corrected chi connectivity index (χ0v) is 17.7. The number of halogens is 1. The smallest absolute Gasteiger partial charge is 0.255 e. The van der Waals surface area contributed by atoms with Crippen LogP contribution in [-0.4, -0.2) is 39.3 Å². The van der Waals surface area contributed by atoms with Gasteiger partial charge in [-0.15, -0.1) is 0 Å². The molecule has 0 radical (unpaired) electrons. The van der Waals surface area contributed by atoms with Gasteiger partial charge in [-0.1, -0.05) is 11.6 Å². The van der Waals surface area contributed by atoms with Gasteiger partial charge in [-0.2, -0.15) is 0 Å². The molecule has 0 aliphatic heterocycles. The summed E-state index contributed by atoms with van der Waals surface area (Å²) in [6.07, 6.45) is 1.64. The highest BCUT2D eigenvalue weighted by Gasteiger charge is 2.17. The van der Waals surface area contributed by atoms with Crippen LogP contribution in [0.2, 0.25) is 5.02 Å². The van der Waals surface area contributed by atoms with Crippen LogP contribution in [0.5, 0.6) is 23.0 Å². The highest BCUT2D eigenvalue weighted by atomic mass is 35.5. The molecular formula is C22H21ClN2O5. The maximum atomic E-state index is 12.8. The number of nitrogens with zero attached hydrogens (tertiary/aromatic N) is 1. The fraction of sp³-hybridized carbons (Fsp3) is 0.182. The Bertz CT molecular complexity index is 1050. The minimum absolute atomic E-state index is 0.332. The summed E-state index contributed by atoms with van der Waals surface area (Å²) in [4.78, 5) is 17.1. The van der Waals surface area contributed by atoms with Crippen LogP contribution in [0.15, 0.2) is 48.7 Å². The molecule has 0 spiro atoms. The third-order valence-electron chi connectivity index (χ3n) is 4.40. The van der Waals surface area contributed by atoms with Crippen molar-refractivity contribution in [2.45, 2.75) is 0 Å². The van der Waals surface area contributed by atoms with E-state index < -0.39 is 0 Å². The lowest BCUT2D eigenvalue weighted by Gasteiger charge is -2.15. The molecule has 0 saturated carbocycles. The number of pyridine rings is 1. The molecule has 0 saturated heterocycles. The van der Waals surface area contributed by atoms with E-state index in [0.717, 1.165) is 0 Å². The van der Waals surface area contributed by atoms with Gasteiger partial charge in [-0.25, -0.2) is 0 Å². The van der Waals surface area contributed by atoms with E-state index >= 15 is 0 Å². The van der Waals surface area contributed by atoms with Crippen LogP contribution in [0.3, 0.4) is 0 Å². The molecule has 0 unspecified atom stereocenters. The molecule has 7 nitrogen and oxygen atoms in total. The molecule has 1 amide bonds. The molecule has 3 rings (SSSR count). The summed E-state index contributed by atoms with van der Waals surface area (Å²) in [7, 11) is 6.06. The summed E-state index contributed by atoms with van der Waals surface area (Å²) in [5.74, 6) is 1.46. The Labute approximate surface area is 179 Å². The van der Waals surface area contributed by atoms with Crippen molar-refractivity contribution < 1.29 is 23.7 Å². The number of aromatic nitrogens is 1. The lowest BCUT2D eigenvalue weighted by molar-refractivity contribution is 0.102. The van der Waals surface area contributed by atoms with Crippen LogP contribution in [0.25, 0.3) is 11.3 Å². The van der Waals surface area contributed by atoms with Crippen molar-refractivity contribution in [3.05, 3.63) is 59.2 Å². The van der Waals surface area contributed by atoms with Crippen LogP contribution in [0.4, 0.5) is 5.69 Å². The van der Waals surface area contributed by atoms with Gasteiger partial charge in [0.2, 0.25) is 5.75 Å². The number of nitrogens with one attached hydrogen (secondary N) is 1. The third kappa shape index (κ3) is 4.26. The molecule has 8 heteroatoms. The van der Waals surface area contributed by atoms with Gasteiger partial charge in [0.15, 0.2) is 11.5 Å². The van der Waals surface area contributed by atoms with E-state index in [1.165, 1.54) is 28.4 Å². The molecule has 1 heterocycles. The minimum atomic E-state index is -0.332. The summed E-state index contributed by atoms with van der Waals surface area (Å²) in [5.41, 5.74) is 2.15. The maximum Gasteiger partial charge on any atom is 0.255 e. The lowest BCUT2D eigenvalue weighted by Crippen LogP contribution is -2.12. The van der Waals surface area contributed by atoms with Crippen molar-refractivity contribution in [1.82, 2.24) is 4.98 Å². The second kappa shape index (κ2) is 9.37. The van der Waals surface area contributed by atoms with Gasteiger partial charge < -0.3 is 24.3 Å². The van der Waals surface area contributed by atoms with E-state index in [2.05, 4.69) is 10.3 Å². The van der Waals surface area contributed by atoms with E-state index in [1.807, 2.05) is 0 Å². The summed E-state index contributed by atoms with van der Waals surface area (Å²) in [6, 6.07) is 11.9. The Hall–Kier alpha value is -3.45. The number of anilines is 1. The first-order chi connectivity index (χ1) is 14.5. The quantitative estimate of drug-likeness (QED) is 0.588. The average Bonchev–Trinajstić information content (AvgIpc) is 2.78. The number of carbonyl (C=O) groups is 1. The van der Waals surface area contributed by atoms with Gasteiger partial charge >= 0.3 is 0 Å². The van der Waals surface area contributed by atoms with Crippen LogP contribution in [-0.2, 0) is 0 Å². The molecule has 3 aromatic rings. The Morgan fingerprint density at radius 2 is 1.57 bits per heavy atom. The predicted octanol–water partition coefficient (Wildman–Crippen LogP) is 4.69. The Kier molecular flexibility index (Phi) is 6.64. The van der Waals surface area contributed by atoms with Gasteiger partial charge in [-0.3, -0.25) is 9.78 Å². The van der Waals surface area contributed by atoms with Gasteiger partial charge in [0, 0.05) is 35.1 Å². The van der Waals surface area contributed by atoms with Gasteiger partial charge in [0.25, 0.3) is 5.91 Å². The first kappa shape index (κ1) is 21.3. The first-order valence-electron chi connectivity index (χ1n) is 8.92. The van der Waals surface area contributed by atoms with E-state index in [9.17, 15) is 4.79 Å². The van der Waals surface area contributed by atoms with Crippen molar-refractivity contribution in [3.8, 4) is 34.3 Å². The molecule has 0 bridgehead atoms. The normalized spacial score (nSPS) is 10.3. The molecule has 156 valence electrons. The summed E-state index contributed by atoms with van der Waals surface area (Å²) in [5, 5.41) is 3.32. The van der Waals surface area contributed by atoms with Crippen LogP contribution >= 0.6 is 11.6 Å². The molecule has 0 aliphatic carbocycles. The van der Waals surface area contributed by atoms with Crippen LogP contribution in [0, 0.1) is 0 Å². The maximum absolute atomic E-state index is 12.8. The molecule has 0 atom stereocenters. The average molecular weight is 429 g/mol. The zero-order valence-electron chi connectivity index (χ0n) is 17.0. The number of methoxy groups -OCH3 is 4. The highest BCUT2D eigenvalue weighted by molar-refractivity contribution is 6.33. The van der Waals surface area contributed by atoms with Crippen LogP contribution < -0.4 is 24.3 Å². The van der Waals surface area contributed by atoms with Crippen molar-refractivity contribution in [2.75, 3.05) is 33.8 Å². The predicted molar refractivity (Wildman–Crippen MR) is 115 cm³/mol. The number of amides is 1. The second-order valence-electron chi connectivity index (χ2n) is 6.12. The number of hydrogen-bond donors (Lipinski definition) is 1. The summed E-state index contributed by atoms with van der Waals surface area (Å²) < 4.78 is 21.4. The largest absolute Gasteiger partial charge is 0.496 e. The molecule has 0 fully saturated rings. The SMILES string of the molecule is COc1cc(C(=O)Nc2cc(OC)c(OC)c(OC)c2)ccc1-c1ncccc1Cl. The van der Waals surface area contributed by atoms with Crippen molar-refractivity contribution in [3.63, 3.8) is 0 Å². The Morgan fingerprint density at radius 3 is 2.13 bits per heavy atom. The van der Waals surface area contributed by atoms with Gasteiger partial charge in [-0.05, 0) is 30.3 Å². The molecular weight excluding hydrogens is 408 g/mol. The van der Waals surface area contributed by atoms with Crippen molar-refractivity contribution >= 4 is 23.2 Å². The van der Waals surface area contributed by atoms with Gasteiger partial charge in [0.1, 0.15) is 5.75 Å². The number of rotatable bonds is 7. The molecule has 30 heavy (non-hydrogen) atoms. The fourth-order valence-electron chi connectivity index (χ4n) is 2.97. The molecule has 2 aromatic carbocycles. The first-order valence-corrected chi connectivity index (χ1v) is 9.30. The van der Waals surface area contributed by atoms with Gasteiger partial charge in [0.05, 0.1) is 39.2 Å².